The monoisotopic (exact) mass is 631 g/mol. The first-order chi connectivity index (χ1) is 22.9. The van der Waals surface area contributed by atoms with E-state index in [0.29, 0.717) is 48.6 Å². The lowest BCUT2D eigenvalue weighted by Gasteiger charge is -2.35. The van der Waals surface area contributed by atoms with Crippen LogP contribution in [0.2, 0.25) is 0 Å². The number of amides is 1. The summed E-state index contributed by atoms with van der Waals surface area (Å²) in [6.07, 6.45) is 2.04. The number of aryl methyl sites for hydroxylation is 1. The summed E-state index contributed by atoms with van der Waals surface area (Å²) in [5, 5.41) is 0.895. The molecule has 1 amide bonds. The standard InChI is InChI=1S/C38H37N3O6/c1-4-46-38(44)30-11-6-5-9-27(30)23-36(43)41-19-17-40(18-20-41)35-16-13-26(24-39-35)21-32(42)37-25(2)31-22-28(14-15-34(31)47-37)29-10-7-8-12-33(29)45-3/h5-16,22,24H,4,17-21,23H2,1-3H3. The van der Waals surface area contributed by atoms with E-state index in [4.69, 9.17) is 13.9 Å². The van der Waals surface area contributed by atoms with Crippen molar-refractivity contribution in [2.75, 3.05) is 44.8 Å². The Morgan fingerprint density at radius 1 is 0.894 bits per heavy atom. The van der Waals surface area contributed by atoms with Crippen molar-refractivity contribution < 1.29 is 28.3 Å². The lowest BCUT2D eigenvalue weighted by Crippen LogP contribution is -2.49. The lowest BCUT2D eigenvalue weighted by molar-refractivity contribution is -0.130. The molecule has 240 valence electrons. The molecule has 5 aromatic rings. The molecule has 0 atom stereocenters. The van der Waals surface area contributed by atoms with Crippen LogP contribution >= 0.6 is 0 Å². The second-order valence-corrected chi connectivity index (χ2v) is 11.5. The van der Waals surface area contributed by atoms with Crippen LogP contribution in [0.4, 0.5) is 5.82 Å². The largest absolute Gasteiger partial charge is 0.496 e. The predicted molar refractivity (Wildman–Crippen MR) is 180 cm³/mol. The maximum absolute atomic E-state index is 13.4. The summed E-state index contributed by atoms with van der Waals surface area (Å²) < 4.78 is 16.7. The second kappa shape index (κ2) is 13.9. The number of para-hydroxylation sites is 1. The molecule has 9 nitrogen and oxygen atoms in total. The zero-order valence-corrected chi connectivity index (χ0v) is 26.8. The van der Waals surface area contributed by atoms with E-state index in [9.17, 15) is 14.4 Å². The van der Waals surface area contributed by atoms with Crippen LogP contribution in [-0.2, 0) is 22.4 Å². The zero-order valence-electron chi connectivity index (χ0n) is 26.8. The Hall–Kier alpha value is -5.44. The summed E-state index contributed by atoms with van der Waals surface area (Å²) in [4.78, 5) is 47.3. The molecule has 1 aliphatic heterocycles. The maximum Gasteiger partial charge on any atom is 0.338 e. The molecule has 1 aliphatic rings. The van der Waals surface area contributed by atoms with Gasteiger partial charge in [0.1, 0.15) is 17.2 Å². The number of aromatic nitrogens is 1. The highest BCUT2D eigenvalue weighted by Gasteiger charge is 2.24. The number of pyridine rings is 1. The molecule has 3 heterocycles. The summed E-state index contributed by atoms with van der Waals surface area (Å²) >= 11 is 0. The molecule has 9 heteroatoms. The van der Waals surface area contributed by atoms with E-state index in [0.717, 1.165) is 39.2 Å². The number of carbonyl (C=O) groups is 3. The van der Waals surface area contributed by atoms with E-state index in [1.807, 2.05) is 72.5 Å². The van der Waals surface area contributed by atoms with Crippen LogP contribution in [0.3, 0.4) is 0 Å². The maximum atomic E-state index is 13.4. The number of benzene rings is 3. The number of hydrogen-bond donors (Lipinski definition) is 0. The minimum atomic E-state index is -0.413. The van der Waals surface area contributed by atoms with Crippen molar-refractivity contribution in [3.8, 4) is 16.9 Å². The molecule has 0 N–H and O–H groups in total. The van der Waals surface area contributed by atoms with E-state index in [1.165, 1.54) is 0 Å². The van der Waals surface area contributed by atoms with Crippen LogP contribution in [0.5, 0.6) is 5.75 Å². The number of nitrogens with zero attached hydrogens (tertiary/aromatic N) is 3. The molecule has 3 aromatic carbocycles. The number of esters is 1. The van der Waals surface area contributed by atoms with Crippen molar-refractivity contribution >= 4 is 34.4 Å². The van der Waals surface area contributed by atoms with Gasteiger partial charge in [-0.1, -0.05) is 48.5 Å². The number of fused-ring (bicyclic) bond motifs is 1. The zero-order chi connectivity index (χ0) is 32.9. The molecule has 6 rings (SSSR count). The molecule has 0 bridgehead atoms. The molecular formula is C38H37N3O6. The number of ketones is 1. The number of carbonyl (C=O) groups excluding carboxylic acids is 3. The lowest BCUT2D eigenvalue weighted by atomic mass is 10.0. The average Bonchev–Trinajstić information content (AvgIpc) is 3.44. The minimum Gasteiger partial charge on any atom is -0.496 e. The van der Waals surface area contributed by atoms with Crippen molar-refractivity contribution in [3.05, 3.63) is 113 Å². The highest BCUT2D eigenvalue weighted by atomic mass is 16.5. The minimum absolute atomic E-state index is 0.0277. The first kappa shape index (κ1) is 31.5. The van der Waals surface area contributed by atoms with Crippen LogP contribution in [0, 0.1) is 6.92 Å². The molecule has 0 spiro atoms. The third-order valence-corrected chi connectivity index (χ3v) is 8.59. The first-order valence-corrected chi connectivity index (χ1v) is 15.8. The van der Waals surface area contributed by atoms with Gasteiger partial charge in [0.2, 0.25) is 11.7 Å². The van der Waals surface area contributed by atoms with Gasteiger partial charge < -0.3 is 23.7 Å². The van der Waals surface area contributed by atoms with Gasteiger partial charge in [-0.3, -0.25) is 9.59 Å². The highest BCUT2D eigenvalue weighted by molar-refractivity contribution is 6.02. The van der Waals surface area contributed by atoms with Gasteiger partial charge >= 0.3 is 5.97 Å². The van der Waals surface area contributed by atoms with Crippen LogP contribution in [0.25, 0.3) is 22.1 Å². The van der Waals surface area contributed by atoms with Crippen molar-refractivity contribution in [1.29, 1.82) is 0 Å². The molecule has 1 fully saturated rings. The Labute approximate surface area is 273 Å². The Kier molecular flexibility index (Phi) is 9.33. The van der Waals surface area contributed by atoms with Gasteiger partial charge in [0.05, 0.1) is 25.7 Å². The third kappa shape index (κ3) is 6.74. The fourth-order valence-electron chi connectivity index (χ4n) is 6.05. The highest BCUT2D eigenvalue weighted by Crippen LogP contribution is 2.34. The van der Waals surface area contributed by atoms with E-state index in [-0.39, 0.29) is 31.1 Å². The average molecular weight is 632 g/mol. The fraction of sp³-hybridized carbons (Fsp3) is 0.263. The van der Waals surface area contributed by atoms with E-state index in [1.54, 1.807) is 38.4 Å². The van der Waals surface area contributed by atoms with Gasteiger partial charge in [-0.15, -0.1) is 0 Å². The van der Waals surface area contributed by atoms with Crippen LogP contribution in [-0.4, -0.2) is 67.4 Å². The summed E-state index contributed by atoms with van der Waals surface area (Å²) in [5.74, 6) is 1.38. The predicted octanol–water partition coefficient (Wildman–Crippen LogP) is 6.31. The number of methoxy groups -OCH3 is 1. The quantitative estimate of drug-likeness (QED) is 0.131. The van der Waals surface area contributed by atoms with Crippen molar-refractivity contribution in [2.45, 2.75) is 26.7 Å². The molecule has 0 unspecified atom stereocenters. The number of Topliss-reactive ketones (excluding diaryl/α,β-unsaturated/α-hetero) is 1. The van der Waals surface area contributed by atoms with Gasteiger partial charge in [0.15, 0.2) is 5.76 Å². The van der Waals surface area contributed by atoms with Crippen molar-refractivity contribution in [1.82, 2.24) is 9.88 Å². The summed E-state index contributed by atoms with van der Waals surface area (Å²) in [6, 6.07) is 24.7. The normalized spacial score (nSPS) is 13.1. The molecule has 0 aliphatic carbocycles. The number of ether oxygens (including phenoxy) is 2. The second-order valence-electron chi connectivity index (χ2n) is 11.5. The van der Waals surface area contributed by atoms with Gasteiger partial charge in [-0.25, -0.2) is 9.78 Å². The van der Waals surface area contributed by atoms with E-state index >= 15 is 0 Å². The number of piperazine rings is 1. The third-order valence-electron chi connectivity index (χ3n) is 8.59. The summed E-state index contributed by atoms with van der Waals surface area (Å²) in [6.45, 7) is 6.31. The van der Waals surface area contributed by atoms with Gasteiger partial charge in [-0.2, -0.15) is 0 Å². The molecule has 2 aromatic heterocycles. The Bertz CT molecular complexity index is 1920. The smallest absolute Gasteiger partial charge is 0.338 e. The SMILES string of the molecule is CCOC(=O)c1ccccc1CC(=O)N1CCN(c2ccc(CC(=O)c3oc4ccc(-c5ccccc5OC)cc4c3C)cn2)CC1. The topological polar surface area (TPSA) is 102 Å². The van der Waals surface area contributed by atoms with Crippen LogP contribution in [0.15, 0.2) is 89.5 Å². The molecule has 0 radical (unpaired) electrons. The van der Waals surface area contributed by atoms with Gasteiger partial charge in [0.25, 0.3) is 0 Å². The van der Waals surface area contributed by atoms with E-state index < -0.39 is 5.97 Å². The summed E-state index contributed by atoms with van der Waals surface area (Å²) in [5.41, 5.74) is 5.33. The first-order valence-electron chi connectivity index (χ1n) is 15.8. The van der Waals surface area contributed by atoms with Crippen molar-refractivity contribution in [2.24, 2.45) is 0 Å². The van der Waals surface area contributed by atoms with Crippen LogP contribution in [0.1, 0.15) is 44.5 Å². The molecule has 1 saturated heterocycles. The number of anilines is 1. The molecular weight excluding hydrogens is 594 g/mol. The number of furan rings is 1. The Morgan fingerprint density at radius 2 is 1.66 bits per heavy atom. The molecule has 0 saturated carbocycles. The Morgan fingerprint density at radius 3 is 2.40 bits per heavy atom. The van der Waals surface area contributed by atoms with E-state index in [2.05, 4.69) is 9.88 Å². The fourth-order valence-corrected chi connectivity index (χ4v) is 6.05. The van der Waals surface area contributed by atoms with Gasteiger partial charge in [-0.05, 0) is 60.9 Å². The molecule has 47 heavy (non-hydrogen) atoms. The summed E-state index contributed by atoms with van der Waals surface area (Å²) in [7, 11) is 1.65. The Balaban J connectivity index is 1.06. The van der Waals surface area contributed by atoms with Crippen molar-refractivity contribution in [3.63, 3.8) is 0 Å². The van der Waals surface area contributed by atoms with Crippen LogP contribution < -0.4 is 9.64 Å². The van der Waals surface area contributed by atoms with Gasteiger partial charge in [0, 0.05) is 55.3 Å². The number of rotatable bonds is 10. The number of hydrogen-bond acceptors (Lipinski definition) is 8.